The van der Waals surface area contributed by atoms with Gasteiger partial charge in [0.25, 0.3) is 0 Å². The second-order valence-electron chi connectivity index (χ2n) is 4.75. The van der Waals surface area contributed by atoms with Gasteiger partial charge in [0.15, 0.2) is 0 Å². The van der Waals surface area contributed by atoms with Gasteiger partial charge in [-0.2, -0.15) is 0 Å². The Bertz CT molecular complexity index is 166. The van der Waals surface area contributed by atoms with E-state index in [0.29, 0.717) is 18.4 Å². The van der Waals surface area contributed by atoms with E-state index in [1.807, 2.05) is 0 Å². The molecule has 0 aromatic rings. The highest BCUT2D eigenvalue weighted by Gasteiger charge is 2.08. The molecule has 0 fully saturated rings. The van der Waals surface area contributed by atoms with Crippen LogP contribution in [0.5, 0.6) is 0 Å². The van der Waals surface area contributed by atoms with Crippen molar-refractivity contribution < 1.29 is 4.79 Å². The molecule has 1 N–H and O–H groups in total. The predicted molar refractivity (Wildman–Crippen MR) is 65.8 cm³/mol. The zero-order chi connectivity index (χ0) is 11.7. The second-order valence-corrected chi connectivity index (χ2v) is 4.75. The molecule has 0 rings (SSSR count). The average molecular weight is 213 g/mol. The fraction of sp³-hybridized carbons (Fsp3) is 0.923. The van der Waals surface area contributed by atoms with Crippen LogP contribution >= 0.6 is 0 Å². The fourth-order valence-corrected chi connectivity index (χ4v) is 1.70. The maximum atomic E-state index is 11.6. The normalized spacial score (nSPS) is 12.9. The zero-order valence-corrected chi connectivity index (χ0v) is 10.8. The highest BCUT2D eigenvalue weighted by molar-refractivity contribution is 5.76. The molecule has 90 valence electrons. The minimum Gasteiger partial charge on any atom is -0.353 e. The highest BCUT2D eigenvalue weighted by atomic mass is 16.1. The molecule has 0 saturated carbocycles. The van der Waals surface area contributed by atoms with E-state index in [1.165, 1.54) is 0 Å². The maximum absolute atomic E-state index is 11.6. The molecule has 0 aromatic heterocycles. The van der Waals surface area contributed by atoms with Gasteiger partial charge in [0.2, 0.25) is 5.91 Å². The van der Waals surface area contributed by atoms with Crippen LogP contribution in [-0.2, 0) is 4.79 Å². The number of carbonyl (C=O) groups excluding carboxylic acids is 1. The van der Waals surface area contributed by atoms with Crippen molar-refractivity contribution in [1.29, 1.82) is 0 Å². The molecule has 1 atom stereocenters. The third kappa shape index (κ3) is 8.46. The molecule has 2 nitrogen and oxygen atoms in total. The lowest BCUT2D eigenvalue weighted by atomic mass is 10.1. The van der Waals surface area contributed by atoms with Crippen LogP contribution < -0.4 is 5.32 Å². The van der Waals surface area contributed by atoms with Gasteiger partial charge in [-0.25, -0.2) is 0 Å². The van der Waals surface area contributed by atoms with Crippen LogP contribution in [0.4, 0.5) is 0 Å². The smallest absolute Gasteiger partial charge is 0.220 e. The Labute approximate surface area is 94.8 Å². The van der Waals surface area contributed by atoms with Gasteiger partial charge in [-0.1, -0.05) is 40.5 Å². The first-order valence-corrected chi connectivity index (χ1v) is 6.39. The molecule has 0 aliphatic heterocycles. The Morgan fingerprint density at radius 2 is 1.87 bits per heavy atom. The van der Waals surface area contributed by atoms with Gasteiger partial charge in [-0.05, 0) is 25.2 Å². The number of carbonyl (C=O) groups is 1. The van der Waals surface area contributed by atoms with Crippen molar-refractivity contribution in [3.8, 4) is 0 Å². The lowest BCUT2D eigenvalue weighted by molar-refractivity contribution is -0.122. The quantitative estimate of drug-likeness (QED) is 0.657. The third-order valence-electron chi connectivity index (χ3n) is 2.68. The molecule has 0 aliphatic rings. The molecule has 0 aromatic carbocycles. The van der Waals surface area contributed by atoms with Crippen molar-refractivity contribution in [2.75, 3.05) is 0 Å². The van der Waals surface area contributed by atoms with Crippen molar-refractivity contribution in [3.63, 3.8) is 0 Å². The molecule has 0 saturated heterocycles. The first kappa shape index (κ1) is 14.5. The summed E-state index contributed by atoms with van der Waals surface area (Å²) in [5.74, 6) is 0.936. The Morgan fingerprint density at radius 3 is 2.33 bits per heavy atom. The number of rotatable bonds is 8. The van der Waals surface area contributed by atoms with E-state index in [-0.39, 0.29) is 5.91 Å². The van der Waals surface area contributed by atoms with E-state index >= 15 is 0 Å². The van der Waals surface area contributed by atoms with Crippen LogP contribution in [0, 0.1) is 5.92 Å². The van der Waals surface area contributed by atoms with Crippen LogP contribution in [-0.4, -0.2) is 11.9 Å². The third-order valence-corrected chi connectivity index (χ3v) is 2.68. The number of nitrogens with one attached hydrogen (secondary N) is 1. The topological polar surface area (TPSA) is 29.1 Å². The Kier molecular flexibility index (Phi) is 8.44. The largest absolute Gasteiger partial charge is 0.353 e. The summed E-state index contributed by atoms with van der Waals surface area (Å²) in [5, 5.41) is 3.10. The molecular formula is C13H27NO. The van der Waals surface area contributed by atoms with Gasteiger partial charge in [-0.15, -0.1) is 0 Å². The fourth-order valence-electron chi connectivity index (χ4n) is 1.70. The van der Waals surface area contributed by atoms with Crippen molar-refractivity contribution >= 4 is 5.91 Å². The highest BCUT2D eigenvalue weighted by Crippen LogP contribution is 2.07. The summed E-state index contributed by atoms with van der Waals surface area (Å²) in [6, 6.07) is 0.390. The Balaban J connectivity index is 3.61. The summed E-state index contributed by atoms with van der Waals surface area (Å²) in [6.45, 7) is 8.69. The summed E-state index contributed by atoms with van der Waals surface area (Å²) in [4.78, 5) is 11.6. The van der Waals surface area contributed by atoms with Crippen molar-refractivity contribution in [3.05, 3.63) is 0 Å². The predicted octanol–water partition coefficient (Wildman–Crippen LogP) is 3.51. The number of hydrogen-bond acceptors (Lipinski definition) is 1. The summed E-state index contributed by atoms with van der Waals surface area (Å²) in [5.41, 5.74) is 0. The van der Waals surface area contributed by atoms with Gasteiger partial charge in [0, 0.05) is 12.5 Å². The molecule has 2 heteroatoms. The van der Waals surface area contributed by atoms with Gasteiger partial charge >= 0.3 is 0 Å². The van der Waals surface area contributed by atoms with Crippen molar-refractivity contribution in [1.82, 2.24) is 5.32 Å². The summed E-state index contributed by atoms with van der Waals surface area (Å²) < 4.78 is 0. The summed E-state index contributed by atoms with van der Waals surface area (Å²) >= 11 is 0. The Morgan fingerprint density at radius 1 is 1.20 bits per heavy atom. The van der Waals surface area contributed by atoms with Crippen LogP contribution in [0.2, 0.25) is 0 Å². The zero-order valence-electron chi connectivity index (χ0n) is 10.8. The van der Waals surface area contributed by atoms with Gasteiger partial charge in [0.1, 0.15) is 0 Å². The van der Waals surface area contributed by atoms with Gasteiger partial charge in [0.05, 0.1) is 0 Å². The van der Waals surface area contributed by atoms with E-state index in [0.717, 1.165) is 32.1 Å². The lowest BCUT2D eigenvalue weighted by Gasteiger charge is -2.16. The second kappa shape index (κ2) is 8.75. The molecule has 15 heavy (non-hydrogen) atoms. The van der Waals surface area contributed by atoms with E-state index in [4.69, 9.17) is 0 Å². The van der Waals surface area contributed by atoms with Gasteiger partial charge in [-0.3, -0.25) is 4.79 Å². The lowest BCUT2D eigenvalue weighted by Crippen LogP contribution is -2.34. The standard InChI is InChI=1S/C13H27NO/c1-5-8-12(6-2)14-13(15)10-7-9-11(3)4/h11-12H,5-10H2,1-4H3,(H,14,15). The van der Waals surface area contributed by atoms with Crippen LogP contribution in [0.15, 0.2) is 0 Å². The monoisotopic (exact) mass is 213 g/mol. The number of amides is 1. The van der Waals surface area contributed by atoms with Crippen molar-refractivity contribution in [2.45, 2.75) is 72.3 Å². The molecule has 1 unspecified atom stereocenters. The number of hydrogen-bond donors (Lipinski definition) is 1. The molecule has 0 bridgehead atoms. The van der Waals surface area contributed by atoms with E-state index in [1.54, 1.807) is 0 Å². The van der Waals surface area contributed by atoms with E-state index < -0.39 is 0 Å². The van der Waals surface area contributed by atoms with E-state index in [9.17, 15) is 4.79 Å². The van der Waals surface area contributed by atoms with Crippen LogP contribution in [0.25, 0.3) is 0 Å². The summed E-state index contributed by atoms with van der Waals surface area (Å²) in [6.07, 6.45) is 6.16. The van der Waals surface area contributed by atoms with Gasteiger partial charge < -0.3 is 5.32 Å². The first-order valence-electron chi connectivity index (χ1n) is 6.39. The Hall–Kier alpha value is -0.530. The molecular weight excluding hydrogens is 186 g/mol. The van der Waals surface area contributed by atoms with Crippen LogP contribution in [0.1, 0.15) is 66.2 Å². The molecule has 0 radical (unpaired) electrons. The molecule has 0 heterocycles. The average Bonchev–Trinajstić information content (AvgIpc) is 2.16. The van der Waals surface area contributed by atoms with Crippen molar-refractivity contribution in [2.24, 2.45) is 5.92 Å². The summed E-state index contributed by atoms with van der Waals surface area (Å²) in [7, 11) is 0. The molecule has 0 aliphatic carbocycles. The minimum atomic E-state index is 0.232. The molecule has 0 spiro atoms. The van der Waals surface area contributed by atoms with Crippen LogP contribution in [0.3, 0.4) is 0 Å². The molecule has 1 amide bonds. The SMILES string of the molecule is CCCC(CC)NC(=O)CCCC(C)C. The minimum absolute atomic E-state index is 0.232. The van der Waals surface area contributed by atoms with E-state index in [2.05, 4.69) is 33.0 Å². The maximum Gasteiger partial charge on any atom is 0.220 e. The first-order chi connectivity index (χ1) is 7.10.